The highest BCUT2D eigenvalue weighted by Crippen LogP contribution is 2.30. The van der Waals surface area contributed by atoms with Crippen molar-refractivity contribution in [1.82, 2.24) is 14.9 Å². The molecule has 1 aromatic heterocycles. The summed E-state index contributed by atoms with van der Waals surface area (Å²) in [5.74, 6) is 2.58. The maximum atomic E-state index is 5.29. The Kier molecular flexibility index (Phi) is 6.54. The van der Waals surface area contributed by atoms with Crippen LogP contribution in [0, 0.1) is 6.92 Å². The van der Waals surface area contributed by atoms with Gasteiger partial charge in [0.15, 0.2) is 5.82 Å². The molecule has 1 aliphatic heterocycles. The van der Waals surface area contributed by atoms with Crippen molar-refractivity contribution in [2.75, 3.05) is 38.2 Å². The van der Waals surface area contributed by atoms with Crippen molar-refractivity contribution in [2.45, 2.75) is 13.0 Å². The maximum Gasteiger partial charge on any atom is 0.161 e. The van der Waals surface area contributed by atoms with E-state index in [0.29, 0.717) is 0 Å². The molecule has 0 amide bonds. The molecule has 172 valence electrons. The van der Waals surface area contributed by atoms with Crippen molar-refractivity contribution in [1.29, 1.82) is 0 Å². The Hall–Kier alpha value is -3.70. The molecule has 0 spiro atoms. The molecule has 34 heavy (non-hydrogen) atoms. The number of ether oxygens (including phenoxy) is 1. The summed E-state index contributed by atoms with van der Waals surface area (Å²) in [5.41, 5.74) is 4.64. The SMILES string of the molecule is COc1ccc(-c2nc(C)cc(N3CCN(C(c4ccccc4)c4ccccc4)CC3)n2)cc1. The van der Waals surface area contributed by atoms with E-state index in [2.05, 4.69) is 81.5 Å². The number of rotatable bonds is 6. The molecule has 0 unspecified atom stereocenters. The lowest BCUT2D eigenvalue weighted by Crippen LogP contribution is -2.48. The Balaban J connectivity index is 1.36. The van der Waals surface area contributed by atoms with E-state index in [0.717, 1.165) is 54.8 Å². The first-order valence-corrected chi connectivity index (χ1v) is 11.8. The Labute approximate surface area is 201 Å². The summed E-state index contributed by atoms with van der Waals surface area (Å²) >= 11 is 0. The van der Waals surface area contributed by atoms with Gasteiger partial charge in [-0.3, -0.25) is 4.90 Å². The maximum absolute atomic E-state index is 5.29. The van der Waals surface area contributed by atoms with E-state index in [4.69, 9.17) is 9.72 Å². The van der Waals surface area contributed by atoms with Crippen LogP contribution in [0.25, 0.3) is 11.4 Å². The number of anilines is 1. The number of piperazine rings is 1. The molecule has 1 aliphatic rings. The number of aromatic nitrogens is 2. The summed E-state index contributed by atoms with van der Waals surface area (Å²) in [6.07, 6.45) is 0. The summed E-state index contributed by atoms with van der Waals surface area (Å²) < 4.78 is 5.29. The van der Waals surface area contributed by atoms with Crippen LogP contribution in [0.2, 0.25) is 0 Å². The molecular weight excluding hydrogens is 420 g/mol. The average molecular weight is 451 g/mol. The molecular formula is C29H30N4O. The minimum Gasteiger partial charge on any atom is -0.497 e. The number of methoxy groups -OCH3 is 1. The number of hydrogen-bond acceptors (Lipinski definition) is 5. The lowest BCUT2D eigenvalue weighted by atomic mass is 9.96. The Morgan fingerprint density at radius 3 is 1.88 bits per heavy atom. The molecule has 4 aromatic rings. The molecule has 5 nitrogen and oxygen atoms in total. The number of nitrogens with zero attached hydrogens (tertiary/aromatic N) is 4. The van der Waals surface area contributed by atoms with Gasteiger partial charge in [0, 0.05) is 43.5 Å². The van der Waals surface area contributed by atoms with Gasteiger partial charge in [0.2, 0.25) is 0 Å². The van der Waals surface area contributed by atoms with E-state index in [1.54, 1.807) is 7.11 Å². The van der Waals surface area contributed by atoms with Gasteiger partial charge >= 0.3 is 0 Å². The summed E-state index contributed by atoms with van der Waals surface area (Å²) in [6.45, 7) is 5.82. The molecule has 0 atom stereocenters. The minimum atomic E-state index is 0.256. The molecule has 5 rings (SSSR count). The van der Waals surface area contributed by atoms with Crippen molar-refractivity contribution in [3.63, 3.8) is 0 Å². The van der Waals surface area contributed by atoms with Crippen molar-refractivity contribution in [3.05, 3.63) is 108 Å². The summed E-state index contributed by atoms with van der Waals surface area (Å²) in [7, 11) is 1.68. The molecule has 0 radical (unpaired) electrons. The first-order chi connectivity index (χ1) is 16.7. The second-order valence-electron chi connectivity index (χ2n) is 8.67. The van der Waals surface area contributed by atoms with Gasteiger partial charge in [0.1, 0.15) is 11.6 Å². The van der Waals surface area contributed by atoms with E-state index in [9.17, 15) is 0 Å². The molecule has 0 bridgehead atoms. The van der Waals surface area contributed by atoms with Gasteiger partial charge in [0.25, 0.3) is 0 Å². The van der Waals surface area contributed by atoms with Crippen molar-refractivity contribution < 1.29 is 4.74 Å². The lowest BCUT2D eigenvalue weighted by Gasteiger charge is -2.40. The van der Waals surface area contributed by atoms with Gasteiger partial charge < -0.3 is 9.64 Å². The fourth-order valence-corrected chi connectivity index (χ4v) is 4.68. The average Bonchev–Trinajstić information content (AvgIpc) is 2.90. The van der Waals surface area contributed by atoms with E-state index in [1.807, 2.05) is 31.2 Å². The van der Waals surface area contributed by atoms with Crippen LogP contribution in [-0.4, -0.2) is 48.2 Å². The second-order valence-corrected chi connectivity index (χ2v) is 8.67. The molecule has 3 aromatic carbocycles. The van der Waals surface area contributed by atoms with Crippen LogP contribution >= 0.6 is 0 Å². The number of benzene rings is 3. The van der Waals surface area contributed by atoms with E-state index in [1.165, 1.54) is 11.1 Å². The van der Waals surface area contributed by atoms with Crippen LogP contribution in [0.5, 0.6) is 5.75 Å². The Morgan fingerprint density at radius 1 is 0.735 bits per heavy atom. The van der Waals surface area contributed by atoms with Crippen molar-refractivity contribution in [2.24, 2.45) is 0 Å². The highest BCUT2D eigenvalue weighted by molar-refractivity contribution is 5.59. The van der Waals surface area contributed by atoms with E-state index in [-0.39, 0.29) is 6.04 Å². The van der Waals surface area contributed by atoms with Crippen LogP contribution in [0.3, 0.4) is 0 Å². The van der Waals surface area contributed by atoms with Crippen LogP contribution in [0.4, 0.5) is 5.82 Å². The van der Waals surface area contributed by atoms with Crippen LogP contribution in [0.1, 0.15) is 22.9 Å². The van der Waals surface area contributed by atoms with Gasteiger partial charge in [-0.2, -0.15) is 0 Å². The molecule has 1 fully saturated rings. The van der Waals surface area contributed by atoms with Crippen molar-refractivity contribution >= 4 is 5.82 Å². The summed E-state index contributed by atoms with van der Waals surface area (Å²) in [6, 6.07) is 31.9. The van der Waals surface area contributed by atoms with Gasteiger partial charge in [-0.05, 0) is 42.3 Å². The van der Waals surface area contributed by atoms with Gasteiger partial charge in [-0.15, -0.1) is 0 Å². The molecule has 5 heteroatoms. The lowest BCUT2D eigenvalue weighted by molar-refractivity contribution is 0.212. The topological polar surface area (TPSA) is 41.5 Å². The molecule has 0 aliphatic carbocycles. The molecule has 2 heterocycles. The third kappa shape index (κ3) is 4.80. The highest BCUT2D eigenvalue weighted by Gasteiger charge is 2.27. The summed E-state index contributed by atoms with van der Waals surface area (Å²) in [4.78, 5) is 14.6. The van der Waals surface area contributed by atoms with Crippen LogP contribution < -0.4 is 9.64 Å². The highest BCUT2D eigenvalue weighted by atomic mass is 16.5. The van der Waals surface area contributed by atoms with Gasteiger partial charge in [-0.1, -0.05) is 60.7 Å². The smallest absolute Gasteiger partial charge is 0.161 e. The molecule has 0 N–H and O–H groups in total. The van der Waals surface area contributed by atoms with Crippen LogP contribution in [-0.2, 0) is 0 Å². The Morgan fingerprint density at radius 2 is 1.32 bits per heavy atom. The molecule has 1 saturated heterocycles. The predicted molar refractivity (Wildman–Crippen MR) is 137 cm³/mol. The quantitative estimate of drug-likeness (QED) is 0.395. The van der Waals surface area contributed by atoms with Crippen molar-refractivity contribution in [3.8, 4) is 17.1 Å². The first-order valence-electron chi connectivity index (χ1n) is 11.8. The fraction of sp³-hybridized carbons (Fsp3) is 0.241. The number of hydrogen-bond donors (Lipinski definition) is 0. The van der Waals surface area contributed by atoms with Gasteiger partial charge in [0.05, 0.1) is 13.2 Å². The third-order valence-electron chi connectivity index (χ3n) is 6.42. The molecule has 0 saturated carbocycles. The van der Waals surface area contributed by atoms with Crippen LogP contribution in [0.15, 0.2) is 91.0 Å². The minimum absolute atomic E-state index is 0.256. The zero-order chi connectivity index (χ0) is 23.3. The standard InChI is InChI=1S/C29H30N4O/c1-22-21-27(31-29(30-22)25-13-15-26(34-2)16-14-25)32-17-19-33(20-18-32)28(23-9-5-3-6-10-23)24-11-7-4-8-12-24/h3-16,21,28H,17-20H2,1-2H3. The van der Waals surface area contributed by atoms with Gasteiger partial charge in [-0.25, -0.2) is 9.97 Å². The largest absolute Gasteiger partial charge is 0.497 e. The predicted octanol–water partition coefficient (Wildman–Crippen LogP) is 5.37. The monoisotopic (exact) mass is 450 g/mol. The zero-order valence-corrected chi connectivity index (χ0v) is 19.8. The summed E-state index contributed by atoms with van der Waals surface area (Å²) in [5, 5.41) is 0. The fourth-order valence-electron chi connectivity index (χ4n) is 4.68. The first kappa shape index (κ1) is 22.1. The second kappa shape index (κ2) is 10.1. The van der Waals surface area contributed by atoms with E-state index >= 15 is 0 Å². The van der Waals surface area contributed by atoms with E-state index < -0.39 is 0 Å². The zero-order valence-electron chi connectivity index (χ0n) is 19.8. The Bertz CT molecular complexity index is 1160. The normalized spacial score (nSPS) is 14.4. The third-order valence-corrected chi connectivity index (χ3v) is 6.42. The number of aryl methyl sites for hydroxylation is 1.